The second-order valence-corrected chi connectivity index (χ2v) is 4.55. The fraction of sp³-hybridized carbons (Fsp3) is 0.400. The Morgan fingerprint density at radius 3 is 3.18 bits per heavy atom. The van der Waals surface area contributed by atoms with Crippen molar-refractivity contribution >= 4 is 17.2 Å². The van der Waals surface area contributed by atoms with Gasteiger partial charge in [-0.3, -0.25) is 4.79 Å². The average molecular weight is 251 g/mol. The van der Waals surface area contributed by atoms with E-state index in [0.29, 0.717) is 12.5 Å². The molecule has 90 valence electrons. The zero-order valence-corrected chi connectivity index (χ0v) is 10.2. The lowest BCUT2D eigenvalue weighted by Gasteiger charge is -2.10. The van der Waals surface area contributed by atoms with E-state index in [0.717, 1.165) is 0 Å². The SMILES string of the molecule is C[C@@H](CNC(=O)Cn1cnnn1)c1ccsc1. The minimum absolute atomic E-state index is 0.0839. The van der Waals surface area contributed by atoms with Gasteiger partial charge in [-0.25, -0.2) is 4.68 Å². The van der Waals surface area contributed by atoms with E-state index in [-0.39, 0.29) is 12.5 Å². The lowest BCUT2D eigenvalue weighted by molar-refractivity contribution is -0.121. The van der Waals surface area contributed by atoms with Gasteiger partial charge in [0, 0.05) is 6.54 Å². The number of nitrogens with one attached hydrogen (secondary N) is 1. The molecule has 0 radical (unpaired) electrons. The molecular weight excluding hydrogens is 238 g/mol. The van der Waals surface area contributed by atoms with Crippen molar-refractivity contribution in [1.29, 1.82) is 0 Å². The highest BCUT2D eigenvalue weighted by molar-refractivity contribution is 7.07. The molecule has 1 atom stereocenters. The van der Waals surface area contributed by atoms with Gasteiger partial charge in [-0.1, -0.05) is 6.92 Å². The molecular formula is C10H13N5OS. The highest BCUT2D eigenvalue weighted by atomic mass is 32.1. The Kier molecular flexibility index (Phi) is 3.81. The molecule has 2 rings (SSSR count). The summed E-state index contributed by atoms with van der Waals surface area (Å²) in [4.78, 5) is 11.6. The Labute approximate surface area is 103 Å². The molecule has 0 fully saturated rings. The third-order valence-electron chi connectivity index (χ3n) is 2.41. The van der Waals surface area contributed by atoms with Crippen LogP contribution >= 0.6 is 11.3 Å². The van der Waals surface area contributed by atoms with Crippen LogP contribution in [0.25, 0.3) is 0 Å². The first kappa shape index (κ1) is 11.7. The number of carbonyl (C=O) groups excluding carboxylic acids is 1. The third-order valence-corrected chi connectivity index (χ3v) is 3.12. The first-order valence-electron chi connectivity index (χ1n) is 5.25. The van der Waals surface area contributed by atoms with Crippen molar-refractivity contribution in [3.63, 3.8) is 0 Å². The van der Waals surface area contributed by atoms with Gasteiger partial charge in [0.2, 0.25) is 5.91 Å². The lowest BCUT2D eigenvalue weighted by Crippen LogP contribution is -2.30. The summed E-state index contributed by atoms with van der Waals surface area (Å²) in [5, 5.41) is 17.5. The first-order valence-corrected chi connectivity index (χ1v) is 6.19. The molecule has 0 saturated heterocycles. The smallest absolute Gasteiger partial charge is 0.241 e. The molecule has 6 nitrogen and oxygen atoms in total. The number of tetrazole rings is 1. The van der Waals surface area contributed by atoms with Crippen molar-refractivity contribution in [1.82, 2.24) is 25.5 Å². The van der Waals surface area contributed by atoms with Crippen LogP contribution in [-0.4, -0.2) is 32.7 Å². The number of aromatic nitrogens is 4. The van der Waals surface area contributed by atoms with Crippen LogP contribution in [-0.2, 0) is 11.3 Å². The fourth-order valence-corrected chi connectivity index (χ4v) is 2.18. The van der Waals surface area contributed by atoms with Gasteiger partial charge in [0.1, 0.15) is 12.9 Å². The number of nitrogens with zero attached hydrogens (tertiary/aromatic N) is 4. The molecule has 2 aromatic rings. The zero-order valence-electron chi connectivity index (χ0n) is 9.41. The van der Waals surface area contributed by atoms with Gasteiger partial charge in [-0.15, -0.1) is 5.10 Å². The normalized spacial score (nSPS) is 12.3. The maximum absolute atomic E-state index is 11.6. The molecule has 1 amide bonds. The lowest BCUT2D eigenvalue weighted by atomic mass is 10.1. The van der Waals surface area contributed by atoms with Crippen molar-refractivity contribution < 1.29 is 4.79 Å². The monoisotopic (exact) mass is 251 g/mol. The van der Waals surface area contributed by atoms with E-state index >= 15 is 0 Å². The van der Waals surface area contributed by atoms with Crippen LogP contribution in [0.5, 0.6) is 0 Å². The molecule has 0 aliphatic rings. The van der Waals surface area contributed by atoms with Gasteiger partial charge in [0.05, 0.1) is 0 Å². The van der Waals surface area contributed by atoms with E-state index in [4.69, 9.17) is 0 Å². The van der Waals surface area contributed by atoms with Crippen LogP contribution in [0.3, 0.4) is 0 Å². The van der Waals surface area contributed by atoms with Crippen molar-refractivity contribution in [2.45, 2.75) is 19.4 Å². The summed E-state index contributed by atoms with van der Waals surface area (Å²) >= 11 is 1.66. The summed E-state index contributed by atoms with van der Waals surface area (Å²) in [5.74, 6) is 0.235. The van der Waals surface area contributed by atoms with Crippen LogP contribution < -0.4 is 5.32 Å². The summed E-state index contributed by atoms with van der Waals surface area (Å²) in [6.07, 6.45) is 1.42. The highest BCUT2D eigenvalue weighted by Crippen LogP contribution is 2.16. The molecule has 0 spiro atoms. The number of rotatable bonds is 5. The van der Waals surface area contributed by atoms with E-state index < -0.39 is 0 Å². The molecule has 0 aromatic carbocycles. The minimum atomic E-state index is -0.0839. The van der Waals surface area contributed by atoms with Gasteiger partial charge < -0.3 is 5.32 Å². The van der Waals surface area contributed by atoms with Crippen molar-refractivity contribution in [3.05, 3.63) is 28.7 Å². The number of amides is 1. The Balaban J connectivity index is 1.76. The molecule has 1 N–H and O–H groups in total. The molecule has 0 unspecified atom stereocenters. The third kappa shape index (κ3) is 3.35. The summed E-state index contributed by atoms with van der Waals surface area (Å²) in [6, 6.07) is 2.07. The van der Waals surface area contributed by atoms with Crippen LogP contribution in [0.1, 0.15) is 18.4 Å². The van der Waals surface area contributed by atoms with Gasteiger partial charge in [0.15, 0.2) is 0 Å². The molecule has 2 aromatic heterocycles. The highest BCUT2D eigenvalue weighted by Gasteiger charge is 2.08. The average Bonchev–Trinajstić information content (AvgIpc) is 2.97. The maximum atomic E-state index is 11.6. The van der Waals surface area contributed by atoms with Crippen LogP contribution in [0.2, 0.25) is 0 Å². The molecule has 0 aliphatic heterocycles. The van der Waals surface area contributed by atoms with Gasteiger partial charge >= 0.3 is 0 Å². The Morgan fingerprint density at radius 2 is 2.53 bits per heavy atom. The number of carbonyl (C=O) groups is 1. The second kappa shape index (κ2) is 5.53. The van der Waals surface area contributed by atoms with Gasteiger partial charge in [0.25, 0.3) is 0 Å². The molecule has 2 heterocycles. The largest absolute Gasteiger partial charge is 0.354 e. The quantitative estimate of drug-likeness (QED) is 0.847. The molecule has 0 bridgehead atoms. The molecule has 0 saturated carbocycles. The van der Waals surface area contributed by atoms with Gasteiger partial charge in [-0.2, -0.15) is 11.3 Å². The number of thiophene rings is 1. The fourth-order valence-electron chi connectivity index (χ4n) is 1.40. The standard InChI is InChI=1S/C10H13N5OS/c1-8(9-2-3-17-6-9)4-11-10(16)5-15-7-12-13-14-15/h2-3,6-8H,4-5H2,1H3,(H,11,16)/t8-/m0/s1. The van der Waals surface area contributed by atoms with Crippen molar-refractivity contribution in [3.8, 4) is 0 Å². The Hall–Kier alpha value is -1.76. The van der Waals surface area contributed by atoms with Gasteiger partial charge in [-0.05, 0) is 38.7 Å². The summed E-state index contributed by atoms with van der Waals surface area (Å²) in [5.41, 5.74) is 1.25. The predicted octanol–water partition coefficient (Wildman–Crippen LogP) is 0.654. The molecule has 7 heteroatoms. The van der Waals surface area contributed by atoms with Crippen LogP contribution in [0.4, 0.5) is 0 Å². The first-order chi connectivity index (χ1) is 8.25. The van der Waals surface area contributed by atoms with E-state index in [9.17, 15) is 4.79 Å². The number of hydrogen-bond donors (Lipinski definition) is 1. The molecule has 0 aliphatic carbocycles. The summed E-state index contributed by atoms with van der Waals surface area (Å²) in [6.45, 7) is 2.86. The summed E-state index contributed by atoms with van der Waals surface area (Å²) in [7, 11) is 0. The Morgan fingerprint density at radius 1 is 1.65 bits per heavy atom. The molecule has 17 heavy (non-hydrogen) atoms. The summed E-state index contributed by atoms with van der Waals surface area (Å²) < 4.78 is 1.39. The van der Waals surface area contributed by atoms with E-state index in [1.807, 2.05) is 5.38 Å². The van der Waals surface area contributed by atoms with Crippen molar-refractivity contribution in [2.24, 2.45) is 0 Å². The minimum Gasteiger partial charge on any atom is -0.354 e. The van der Waals surface area contributed by atoms with E-state index in [2.05, 4.69) is 39.2 Å². The zero-order chi connectivity index (χ0) is 12.1. The van der Waals surface area contributed by atoms with E-state index in [1.54, 1.807) is 11.3 Å². The van der Waals surface area contributed by atoms with E-state index in [1.165, 1.54) is 16.6 Å². The Bertz CT molecular complexity index is 453. The maximum Gasteiger partial charge on any atom is 0.241 e. The predicted molar refractivity (Wildman–Crippen MR) is 63.6 cm³/mol. The van der Waals surface area contributed by atoms with Crippen LogP contribution in [0, 0.1) is 0 Å². The van der Waals surface area contributed by atoms with Crippen LogP contribution in [0.15, 0.2) is 23.2 Å². The van der Waals surface area contributed by atoms with Crippen molar-refractivity contribution in [2.75, 3.05) is 6.54 Å². The number of hydrogen-bond acceptors (Lipinski definition) is 5. The second-order valence-electron chi connectivity index (χ2n) is 3.77. The topological polar surface area (TPSA) is 72.7 Å².